The third-order valence-corrected chi connectivity index (χ3v) is 6.47. The zero-order chi connectivity index (χ0) is 20.1. The van der Waals surface area contributed by atoms with Gasteiger partial charge in [0.1, 0.15) is 24.2 Å². The standard InChI is InChI=1S/C26H23N2O2/c29-25(21-6-5-18-3-1-2-4-19(18)13-21)16-27-10-11-28(17-27)24-8-7-20-14-22-9-12-30-26(22)15-23(20)24/h1-6,10-11,13-15,17,24H,7-9,12,16H2/q+1. The molecule has 1 aliphatic heterocycles. The van der Waals surface area contributed by atoms with Crippen molar-refractivity contribution in [1.29, 1.82) is 0 Å². The predicted molar refractivity (Wildman–Crippen MR) is 115 cm³/mol. The molecule has 1 atom stereocenters. The molecule has 2 aliphatic rings. The van der Waals surface area contributed by atoms with Gasteiger partial charge < -0.3 is 4.74 Å². The number of rotatable bonds is 4. The fourth-order valence-electron chi connectivity index (χ4n) is 4.88. The Balaban J connectivity index is 1.23. The summed E-state index contributed by atoms with van der Waals surface area (Å²) in [7, 11) is 0. The second-order valence-electron chi connectivity index (χ2n) is 8.33. The fraction of sp³-hybridized carbons (Fsp3) is 0.231. The number of ether oxygens (including phenoxy) is 1. The van der Waals surface area contributed by atoms with Crippen LogP contribution in [-0.2, 0) is 19.4 Å². The quantitative estimate of drug-likeness (QED) is 0.382. The molecule has 0 N–H and O–H groups in total. The lowest BCUT2D eigenvalue weighted by Crippen LogP contribution is -2.36. The molecule has 0 saturated heterocycles. The molecule has 6 rings (SSSR count). The maximum Gasteiger partial charge on any atom is 0.244 e. The van der Waals surface area contributed by atoms with Gasteiger partial charge in [0.05, 0.1) is 6.61 Å². The van der Waals surface area contributed by atoms with Crippen molar-refractivity contribution in [2.75, 3.05) is 6.61 Å². The van der Waals surface area contributed by atoms with Crippen molar-refractivity contribution in [3.63, 3.8) is 0 Å². The summed E-state index contributed by atoms with van der Waals surface area (Å²) >= 11 is 0. The minimum Gasteiger partial charge on any atom is -0.493 e. The van der Waals surface area contributed by atoms with Gasteiger partial charge in [-0.1, -0.05) is 42.5 Å². The molecule has 4 heteroatoms. The first kappa shape index (κ1) is 17.5. The van der Waals surface area contributed by atoms with Gasteiger partial charge in [-0.05, 0) is 46.9 Å². The average Bonchev–Trinajstić information content (AvgIpc) is 3.51. The van der Waals surface area contributed by atoms with E-state index in [-0.39, 0.29) is 5.78 Å². The summed E-state index contributed by atoms with van der Waals surface area (Å²) in [6.07, 6.45) is 9.36. The minimum atomic E-state index is 0.126. The number of nitrogens with zero attached hydrogens (tertiary/aromatic N) is 2. The Kier molecular flexibility index (Phi) is 3.98. The summed E-state index contributed by atoms with van der Waals surface area (Å²) in [6.45, 7) is 1.14. The molecule has 0 bridgehead atoms. The Bertz CT molecular complexity index is 1290. The van der Waals surface area contributed by atoms with Crippen molar-refractivity contribution in [2.24, 2.45) is 0 Å². The molecule has 30 heavy (non-hydrogen) atoms. The molecule has 1 aliphatic carbocycles. The minimum absolute atomic E-state index is 0.126. The van der Waals surface area contributed by atoms with E-state index in [1.54, 1.807) is 0 Å². The van der Waals surface area contributed by atoms with Gasteiger partial charge in [0.2, 0.25) is 12.1 Å². The van der Waals surface area contributed by atoms with E-state index < -0.39 is 0 Å². The zero-order valence-electron chi connectivity index (χ0n) is 16.8. The number of ketones is 1. The van der Waals surface area contributed by atoms with Crippen LogP contribution in [0.4, 0.5) is 0 Å². The second kappa shape index (κ2) is 6.84. The highest BCUT2D eigenvalue weighted by Crippen LogP contribution is 2.39. The first-order chi connectivity index (χ1) is 14.7. The lowest BCUT2D eigenvalue weighted by atomic mass is 10.0. The van der Waals surface area contributed by atoms with Gasteiger partial charge in [-0.25, -0.2) is 9.13 Å². The van der Waals surface area contributed by atoms with Crippen molar-refractivity contribution in [3.05, 3.63) is 95.6 Å². The van der Waals surface area contributed by atoms with Crippen LogP contribution in [0.1, 0.15) is 39.5 Å². The van der Waals surface area contributed by atoms with Crippen LogP contribution in [0.3, 0.4) is 0 Å². The first-order valence-electron chi connectivity index (χ1n) is 10.6. The van der Waals surface area contributed by atoms with Gasteiger partial charge >= 0.3 is 0 Å². The van der Waals surface area contributed by atoms with Crippen LogP contribution in [0, 0.1) is 0 Å². The van der Waals surface area contributed by atoms with Crippen LogP contribution in [0.5, 0.6) is 5.75 Å². The molecule has 1 aromatic heterocycles. The zero-order valence-corrected chi connectivity index (χ0v) is 16.8. The molecule has 4 nitrogen and oxygen atoms in total. The Morgan fingerprint density at radius 2 is 1.93 bits per heavy atom. The largest absolute Gasteiger partial charge is 0.493 e. The highest BCUT2D eigenvalue weighted by Gasteiger charge is 2.30. The maximum atomic E-state index is 12.9. The lowest BCUT2D eigenvalue weighted by Gasteiger charge is -2.09. The van der Waals surface area contributed by atoms with E-state index >= 15 is 0 Å². The SMILES string of the molecule is O=C(C[n+]1ccn(C2CCc3cc4c(cc32)OCC4)c1)c1ccc2ccccc2c1. The number of aromatic nitrogens is 2. The molecule has 0 fully saturated rings. The summed E-state index contributed by atoms with van der Waals surface area (Å²) in [5.41, 5.74) is 4.90. The summed E-state index contributed by atoms with van der Waals surface area (Å²) in [5, 5.41) is 2.26. The Hall–Kier alpha value is -3.40. The van der Waals surface area contributed by atoms with Gasteiger partial charge in [-0.3, -0.25) is 4.79 Å². The maximum absolute atomic E-state index is 12.9. The third kappa shape index (κ3) is 2.91. The van der Waals surface area contributed by atoms with Gasteiger partial charge in [0.25, 0.3) is 0 Å². The van der Waals surface area contributed by atoms with Crippen LogP contribution >= 0.6 is 0 Å². The number of Topliss-reactive ketones (excluding diaryl/α,β-unsaturated/α-hetero) is 1. The van der Waals surface area contributed by atoms with E-state index in [0.29, 0.717) is 12.6 Å². The Labute approximate surface area is 175 Å². The van der Waals surface area contributed by atoms with Crippen molar-refractivity contribution in [3.8, 4) is 5.75 Å². The predicted octanol–water partition coefficient (Wildman–Crippen LogP) is 4.28. The van der Waals surface area contributed by atoms with Crippen molar-refractivity contribution < 1.29 is 14.1 Å². The van der Waals surface area contributed by atoms with Crippen LogP contribution in [-0.4, -0.2) is 17.0 Å². The number of fused-ring (bicyclic) bond motifs is 3. The van der Waals surface area contributed by atoms with E-state index in [2.05, 4.69) is 35.3 Å². The van der Waals surface area contributed by atoms with Gasteiger partial charge in [-0.2, -0.15) is 0 Å². The molecular weight excluding hydrogens is 372 g/mol. The van der Waals surface area contributed by atoms with E-state index in [0.717, 1.165) is 48.0 Å². The van der Waals surface area contributed by atoms with Crippen molar-refractivity contribution in [2.45, 2.75) is 31.8 Å². The molecule has 1 unspecified atom stereocenters. The van der Waals surface area contributed by atoms with E-state index in [1.165, 1.54) is 16.7 Å². The topological polar surface area (TPSA) is 35.1 Å². The number of benzene rings is 3. The number of hydrogen-bond donors (Lipinski definition) is 0. The monoisotopic (exact) mass is 395 g/mol. The molecule has 0 radical (unpaired) electrons. The van der Waals surface area contributed by atoms with Crippen molar-refractivity contribution >= 4 is 16.6 Å². The van der Waals surface area contributed by atoms with E-state index in [4.69, 9.17) is 4.74 Å². The van der Waals surface area contributed by atoms with Crippen LogP contribution in [0.25, 0.3) is 10.8 Å². The molecule has 2 heterocycles. The van der Waals surface area contributed by atoms with Gasteiger partial charge in [0.15, 0.2) is 6.54 Å². The van der Waals surface area contributed by atoms with Gasteiger partial charge in [0, 0.05) is 17.5 Å². The molecule has 148 valence electrons. The number of carbonyl (C=O) groups excluding carboxylic acids is 1. The summed E-state index contributed by atoms with van der Waals surface area (Å²) in [4.78, 5) is 12.9. The van der Waals surface area contributed by atoms with Crippen LogP contribution < -0.4 is 9.30 Å². The summed E-state index contributed by atoms with van der Waals surface area (Å²) < 4.78 is 10.0. The molecular formula is C26H23N2O2+. The summed E-state index contributed by atoms with van der Waals surface area (Å²) in [5.74, 6) is 1.17. The number of imidazole rings is 1. The van der Waals surface area contributed by atoms with E-state index in [1.807, 2.05) is 47.2 Å². The number of aryl methyl sites for hydroxylation is 1. The smallest absolute Gasteiger partial charge is 0.244 e. The van der Waals surface area contributed by atoms with Gasteiger partial charge in [-0.15, -0.1) is 0 Å². The highest BCUT2D eigenvalue weighted by atomic mass is 16.5. The van der Waals surface area contributed by atoms with Crippen molar-refractivity contribution in [1.82, 2.24) is 4.57 Å². The Morgan fingerprint density at radius 3 is 2.87 bits per heavy atom. The molecule has 0 spiro atoms. The molecule has 4 aromatic rings. The molecule has 3 aromatic carbocycles. The Morgan fingerprint density at radius 1 is 1.03 bits per heavy atom. The first-order valence-corrected chi connectivity index (χ1v) is 10.6. The van der Waals surface area contributed by atoms with E-state index in [9.17, 15) is 4.79 Å². The fourth-order valence-corrected chi connectivity index (χ4v) is 4.88. The average molecular weight is 395 g/mol. The van der Waals surface area contributed by atoms with Crippen LogP contribution in [0.15, 0.2) is 73.3 Å². The third-order valence-electron chi connectivity index (χ3n) is 6.47. The molecule has 0 saturated carbocycles. The second-order valence-corrected chi connectivity index (χ2v) is 8.33. The highest BCUT2D eigenvalue weighted by molar-refractivity contribution is 5.99. The molecule has 0 amide bonds. The van der Waals surface area contributed by atoms with Crippen LogP contribution in [0.2, 0.25) is 0 Å². The number of hydrogen-bond acceptors (Lipinski definition) is 2. The normalized spacial score (nSPS) is 17.0. The summed E-state index contributed by atoms with van der Waals surface area (Å²) in [6, 6.07) is 19.0. The number of carbonyl (C=O) groups is 1. The lowest BCUT2D eigenvalue weighted by molar-refractivity contribution is -0.682.